The van der Waals surface area contributed by atoms with E-state index in [0.29, 0.717) is 28.2 Å². The largest absolute Gasteiger partial charge is 0.496 e. The Bertz CT molecular complexity index is 955. The Kier molecular flexibility index (Phi) is 5.24. The van der Waals surface area contributed by atoms with Crippen LogP contribution in [0.3, 0.4) is 0 Å². The topological polar surface area (TPSA) is 50.8 Å². The Hall–Kier alpha value is -2.57. The van der Waals surface area contributed by atoms with Crippen LogP contribution in [-0.4, -0.2) is 29.1 Å². The van der Waals surface area contributed by atoms with Crippen LogP contribution in [0, 0.1) is 0 Å². The first-order valence-electron chi connectivity index (χ1n) is 8.96. The summed E-state index contributed by atoms with van der Waals surface area (Å²) < 4.78 is 11.3. The Labute approximate surface area is 173 Å². The molecule has 1 aliphatic carbocycles. The fourth-order valence-electron chi connectivity index (χ4n) is 3.07. The SMILES string of the molecule is COc1ccc(/C=C2/NC(=S)N(C3CC3)C2=O)cc1COc1ccc(Cl)cc1. The van der Waals surface area contributed by atoms with Crippen LogP contribution in [0.4, 0.5) is 0 Å². The molecule has 4 rings (SSSR count). The van der Waals surface area contributed by atoms with Gasteiger partial charge in [-0.25, -0.2) is 0 Å². The fraction of sp³-hybridized carbons (Fsp3) is 0.238. The molecule has 1 aliphatic heterocycles. The third-order valence-electron chi connectivity index (χ3n) is 4.65. The number of carbonyl (C=O) groups is 1. The van der Waals surface area contributed by atoms with Gasteiger partial charge in [0.15, 0.2) is 5.11 Å². The van der Waals surface area contributed by atoms with Crippen molar-refractivity contribution < 1.29 is 14.3 Å². The molecule has 2 fully saturated rings. The van der Waals surface area contributed by atoms with Gasteiger partial charge >= 0.3 is 0 Å². The zero-order valence-corrected chi connectivity index (χ0v) is 16.8. The van der Waals surface area contributed by atoms with E-state index in [0.717, 1.165) is 29.7 Å². The number of methoxy groups -OCH3 is 1. The molecule has 0 unspecified atom stereocenters. The zero-order chi connectivity index (χ0) is 19.7. The predicted molar refractivity (Wildman–Crippen MR) is 112 cm³/mol. The second-order valence-electron chi connectivity index (χ2n) is 6.71. The summed E-state index contributed by atoms with van der Waals surface area (Å²) in [6.45, 7) is 0.329. The number of ether oxygens (including phenoxy) is 2. The summed E-state index contributed by atoms with van der Waals surface area (Å²) in [6, 6.07) is 13.1. The molecular weight excluding hydrogens is 396 g/mol. The maximum Gasteiger partial charge on any atom is 0.276 e. The van der Waals surface area contributed by atoms with Crippen molar-refractivity contribution in [3.63, 3.8) is 0 Å². The first-order valence-corrected chi connectivity index (χ1v) is 9.75. The van der Waals surface area contributed by atoms with Gasteiger partial charge in [-0.2, -0.15) is 0 Å². The van der Waals surface area contributed by atoms with Crippen molar-refractivity contribution in [1.29, 1.82) is 0 Å². The third kappa shape index (κ3) is 3.98. The summed E-state index contributed by atoms with van der Waals surface area (Å²) in [4.78, 5) is 14.3. The number of hydrogen-bond acceptors (Lipinski definition) is 4. The summed E-state index contributed by atoms with van der Waals surface area (Å²) in [7, 11) is 1.62. The van der Waals surface area contributed by atoms with E-state index in [1.807, 2.05) is 36.4 Å². The van der Waals surface area contributed by atoms with Gasteiger partial charge in [0.05, 0.1) is 7.11 Å². The Morgan fingerprint density at radius 1 is 1.25 bits per heavy atom. The van der Waals surface area contributed by atoms with Gasteiger partial charge in [0.25, 0.3) is 5.91 Å². The molecule has 1 N–H and O–H groups in total. The van der Waals surface area contributed by atoms with Crippen molar-refractivity contribution in [2.45, 2.75) is 25.5 Å². The van der Waals surface area contributed by atoms with Gasteiger partial charge in [0.2, 0.25) is 0 Å². The lowest BCUT2D eigenvalue weighted by Gasteiger charge is -2.12. The van der Waals surface area contributed by atoms with Gasteiger partial charge in [-0.15, -0.1) is 0 Å². The second-order valence-corrected chi connectivity index (χ2v) is 7.53. The molecule has 28 heavy (non-hydrogen) atoms. The predicted octanol–water partition coefficient (Wildman–Crippen LogP) is 4.15. The molecule has 2 aliphatic rings. The quantitative estimate of drug-likeness (QED) is 0.568. The van der Waals surface area contributed by atoms with E-state index in [1.54, 1.807) is 24.1 Å². The highest BCUT2D eigenvalue weighted by Crippen LogP contribution is 2.31. The lowest BCUT2D eigenvalue weighted by molar-refractivity contribution is -0.122. The zero-order valence-electron chi connectivity index (χ0n) is 15.3. The minimum atomic E-state index is -0.0673. The monoisotopic (exact) mass is 414 g/mol. The number of hydrogen-bond donors (Lipinski definition) is 1. The summed E-state index contributed by atoms with van der Waals surface area (Å²) in [5, 5.41) is 4.17. The minimum absolute atomic E-state index is 0.0673. The van der Waals surface area contributed by atoms with Crippen LogP contribution in [0.2, 0.25) is 5.02 Å². The first kappa shape index (κ1) is 18.8. The van der Waals surface area contributed by atoms with E-state index in [2.05, 4.69) is 5.32 Å². The highest BCUT2D eigenvalue weighted by Gasteiger charge is 2.41. The summed E-state index contributed by atoms with van der Waals surface area (Å²) >= 11 is 11.2. The fourth-order valence-corrected chi connectivity index (χ4v) is 3.54. The molecule has 5 nitrogen and oxygen atoms in total. The van der Waals surface area contributed by atoms with E-state index in [9.17, 15) is 4.79 Å². The maximum atomic E-state index is 12.6. The van der Waals surface area contributed by atoms with Crippen molar-refractivity contribution in [1.82, 2.24) is 10.2 Å². The van der Waals surface area contributed by atoms with Crippen molar-refractivity contribution in [2.24, 2.45) is 0 Å². The van der Waals surface area contributed by atoms with Gasteiger partial charge in [-0.1, -0.05) is 17.7 Å². The summed E-state index contributed by atoms with van der Waals surface area (Å²) in [6.07, 6.45) is 3.83. The molecule has 1 amide bonds. The van der Waals surface area contributed by atoms with Crippen LogP contribution in [0.15, 0.2) is 48.2 Å². The van der Waals surface area contributed by atoms with E-state index < -0.39 is 0 Å². The average Bonchev–Trinajstić information content (AvgIpc) is 3.48. The molecule has 0 bridgehead atoms. The number of rotatable bonds is 6. The molecule has 144 valence electrons. The summed E-state index contributed by atoms with van der Waals surface area (Å²) in [5.41, 5.74) is 2.23. The number of benzene rings is 2. The highest BCUT2D eigenvalue weighted by atomic mass is 35.5. The Balaban J connectivity index is 1.53. The van der Waals surface area contributed by atoms with Crippen LogP contribution < -0.4 is 14.8 Å². The van der Waals surface area contributed by atoms with Crippen molar-refractivity contribution >= 4 is 40.9 Å². The number of thiocarbonyl (C=S) groups is 1. The highest BCUT2D eigenvalue weighted by molar-refractivity contribution is 7.80. The second kappa shape index (κ2) is 7.81. The number of nitrogens with one attached hydrogen (secondary N) is 1. The van der Waals surface area contributed by atoms with Crippen LogP contribution in [0.25, 0.3) is 6.08 Å². The Morgan fingerprint density at radius 3 is 2.68 bits per heavy atom. The summed E-state index contributed by atoms with van der Waals surface area (Å²) in [5.74, 6) is 1.37. The molecule has 2 aromatic carbocycles. The van der Waals surface area contributed by atoms with Crippen LogP contribution in [-0.2, 0) is 11.4 Å². The number of halogens is 1. The van der Waals surface area contributed by atoms with Crippen LogP contribution in [0.1, 0.15) is 24.0 Å². The van der Waals surface area contributed by atoms with Crippen molar-refractivity contribution in [3.05, 3.63) is 64.3 Å². The molecular formula is C21H19ClN2O3S. The molecule has 0 aromatic heterocycles. The molecule has 1 heterocycles. The Morgan fingerprint density at radius 2 is 2.00 bits per heavy atom. The molecule has 2 aromatic rings. The molecule has 0 spiro atoms. The van der Waals surface area contributed by atoms with Gasteiger partial charge < -0.3 is 14.8 Å². The van der Waals surface area contributed by atoms with Crippen molar-refractivity contribution in [2.75, 3.05) is 7.11 Å². The number of nitrogens with zero attached hydrogens (tertiary/aromatic N) is 1. The first-order chi connectivity index (χ1) is 13.5. The van der Waals surface area contributed by atoms with Crippen molar-refractivity contribution in [3.8, 4) is 11.5 Å². The van der Waals surface area contributed by atoms with Gasteiger partial charge in [-0.05, 0) is 73.1 Å². The van der Waals surface area contributed by atoms with E-state index in [4.69, 9.17) is 33.3 Å². The molecule has 0 radical (unpaired) electrons. The normalized spacial score (nSPS) is 17.8. The number of carbonyl (C=O) groups excluding carboxylic acids is 1. The molecule has 1 saturated heterocycles. The molecule has 1 saturated carbocycles. The molecule has 7 heteroatoms. The average molecular weight is 415 g/mol. The van der Waals surface area contributed by atoms with Gasteiger partial charge in [0.1, 0.15) is 23.8 Å². The van der Waals surface area contributed by atoms with Gasteiger partial charge in [-0.3, -0.25) is 9.69 Å². The smallest absolute Gasteiger partial charge is 0.276 e. The van der Waals surface area contributed by atoms with Gasteiger partial charge in [0, 0.05) is 16.6 Å². The van der Waals surface area contributed by atoms with Crippen LogP contribution in [0.5, 0.6) is 11.5 Å². The maximum absolute atomic E-state index is 12.6. The lowest BCUT2D eigenvalue weighted by Crippen LogP contribution is -2.32. The molecule has 0 atom stereocenters. The van der Waals surface area contributed by atoms with Crippen LogP contribution >= 0.6 is 23.8 Å². The number of amides is 1. The minimum Gasteiger partial charge on any atom is -0.496 e. The van der Waals surface area contributed by atoms with E-state index in [-0.39, 0.29) is 11.9 Å². The van der Waals surface area contributed by atoms with E-state index >= 15 is 0 Å². The lowest BCUT2D eigenvalue weighted by atomic mass is 10.1. The van der Waals surface area contributed by atoms with E-state index in [1.165, 1.54) is 0 Å². The third-order valence-corrected chi connectivity index (χ3v) is 5.20. The standard InChI is InChI=1S/C21H19ClN2O3S/c1-26-19-9-2-13(10-14(19)12-27-17-7-3-15(22)4-8-17)11-18-20(25)24(16-5-6-16)21(28)23-18/h2-4,7-11,16H,5-6,12H2,1H3,(H,23,28)/b18-11+.